The summed E-state index contributed by atoms with van der Waals surface area (Å²) < 4.78 is 2.22. The van der Waals surface area contributed by atoms with Crippen LogP contribution in [0.25, 0.3) is 5.65 Å². The van der Waals surface area contributed by atoms with Crippen LogP contribution in [0.15, 0.2) is 30.6 Å². The summed E-state index contributed by atoms with van der Waals surface area (Å²) in [4.78, 5) is 4.37. The van der Waals surface area contributed by atoms with Crippen LogP contribution in [0.5, 0.6) is 0 Å². The highest BCUT2D eigenvalue weighted by Gasteiger charge is 2.01. The van der Waals surface area contributed by atoms with E-state index in [1.807, 2.05) is 12.3 Å². The molecule has 122 valence electrons. The molecular weight excluding hydrogens is 268 g/mol. The number of hydrogen-bond donors (Lipinski definition) is 0. The number of aryl methyl sites for hydroxylation is 1. The Kier molecular flexibility index (Phi) is 8.08. The fraction of sp³-hybridized carbons (Fsp3) is 0.650. The van der Waals surface area contributed by atoms with Gasteiger partial charge in [0.05, 0.1) is 0 Å². The molecule has 0 aliphatic carbocycles. The van der Waals surface area contributed by atoms with Crippen LogP contribution in [0.1, 0.15) is 83.2 Å². The van der Waals surface area contributed by atoms with Crippen LogP contribution in [-0.4, -0.2) is 9.38 Å². The van der Waals surface area contributed by atoms with Crippen LogP contribution < -0.4 is 0 Å². The Labute approximate surface area is 136 Å². The molecule has 2 aromatic rings. The van der Waals surface area contributed by atoms with E-state index < -0.39 is 0 Å². The number of fused-ring (bicyclic) bond motifs is 1. The lowest BCUT2D eigenvalue weighted by Gasteiger charge is -2.04. The van der Waals surface area contributed by atoms with E-state index in [1.54, 1.807) is 0 Å². The highest BCUT2D eigenvalue weighted by molar-refractivity contribution is 5.41. The van der Waals surface area contributed by atoms with Crippen molar-refractivity contribution < 1.29 is 0 Å². The van der Waals surface area contributed by atoms with Crippen molar-refractivity contribution in [2.24, 2.45) is 0 Å². The molecule has 2 aromatic heterocycles. The molecular formula is C20H32N2. The van der Waals surface area contributed by atoms with Crippen molar-refractivity contribution in [2.45, 2.75) is 84.0 Å². The molecule has 0 atom stereocenters. The molecule has 0 spiro atoms. The van der Waals surface area contributed by atoms with E-state index in [0.29, 0.717) is 0 Å². The number of aromatic nitrogens is 2. The third-order valence-electron chi connectivity index (χ3n) is 4.55. The molecule has 22 heavy (non-hydrogen) atoms. The van der Waals surface area contributed by atoms with Crippen LogP contribution in [-0.2, 0) is 6.42 Å². The van der Waals surface area contributed by atoms with Crippen LogP contribution in [0.2, 0.25) is 0 Å². The maximum absolute atomic E-state index is 4.37. The zero-order chi connectivity index (χ0) is 15.5. The first-order valence-electron chi connectivity index (χ1n) is 9.33. The molecule has 0 aliphatic rings. The first-order chi connectivity index (χ1) is 10.9. The minimum Gasteiger partial charge on any atom is -0.306 e. The Bertz CT molecular complexity index is 515. The van der Waals surface area contributed by atoms with Gasteiger partial charge in [0.1, 0.15) is 5.65 Å². The molecule has 0 saturated heterocycles. The van der Waals surface area contributed by atoms with Crippen molar-refractivity contribution in [3.63, 3.8) is 0 Å². The van der Waals surface area contributed by atoms with E-state index in [4.69, 9.17) is 0 Å². The predicted molar refractivity (Wildman–Crippen MR) is 95.4 cm³/mol. The molecule has 0 aromatic carbocycles. The highest BCUT2D eigenvalue weighted by atomic mass is 15.0. The minimum atomic E-state index is 1.07. The fourth-order valence-corrected chi connectivity index (χ4v) is 3.17. The first-order valence-corrected chi connectivity index (χ1v) is 9.33. The summed E-state index contributed by atoms with van der Waals surface area (Å²) in [5, 5.41) is 0. The number of hydrogen-bond acceptors (Lipinski definition) is 1. The van der Waals surface area contributed by atoms with E-state index >= 15 is 0 Å². The summed E-state index contributed by atoms with van der Waals surface area (Å²) in [7, 11) is 0. The summed E-state index contributed by atoms with van der Waals surface area (Å²) in [6.45, 7) is 2.28. The van der Waals surface area contributed by atoms with Gasteiger partial charge in [0.25, 0.3) is 0 Å². The van der Waals surface area contributed by atoms with E-state index in [2.05, 4.69) is 34.6 Å². The number of unbranched alkanes of at least 4 members (excludes halogenated alkanes) is 10. The molecule has 0 fully saturated rings. The second-order valence-corrected chi connectivity index (χ2v) is 6.46. The summed E-state index contributed by atoms with van der Waals surface area (Å²) >= 11 is 0. The van der Waals surface area contributed by atoms with E-state index in [0.717, 1.165) is 5.65 Å². The van der Waals surface area contributed by atoms with Gasteiger partial charge in [0.15, 0.2) is 0 Å². The largest absolute Gasteiger partial charge is 0.306 e. The number of nitrogens with zero attached hydrogens (tertiary/aromatic N) is 2. The molecule has 2 rings (SSSR count). The van der Waals surface area contributed by atoms with E-state index in [1.165, 1.54) is 82.7 Å². The maximum Gasteiger partial charge on any atom is 0.136 e. The molecule has 0 unspecified atom stereocenters. The van der Waals surface area contributed by atoms with Crippen LogP contribution >= 0.6 is 0 Å². The fourth-order valence-electron chi connectivity index (χ4n) is 3.17. The van der Waals surface area contributed by atoms with Gasteiger partial charge in [-0.3, -0.25) is 0 Å². The predicted octanol–water partition coefficient (Wildman–Crippen LogP) is 6.19. The molecule has 2 heteroatoms. The van der Waals surface area contributed by atoms with Gasteiger partial charge in [0.2, 0.25) is 0 Å². The smallest absolute Gasteiger partial charge is 0.136 e. The topological polar surface area (TPSA) is 17.3 Å². The molecule has 0 N–H and O–H groups in total. The van der Waals surface area contributed by atoms with Crippen LogP contribution in [0, 0.1) is 0 Å². The third kappa shape index (κ3) is 5.82. The van der Waals surface area contributed by atoms with E-state index in [-0.39, 0.29) is 0 Å². The molecule has 2 heterocycles. The van der Waals surface area contributed by atoms with Crippen molar-refractivity contribution in [1.29, 1.82) is 0 Å². The van der Waals surface area contributed by atoms with Gasteiger partial charge in [-0.05, 0) is 31.0 Å². The Morgan fingerprint density at radius 1 is 0.818 bits per heavy atom. The molecule has 0 saturated carbocycles. The van der Waals surface area contributed by atoms with Crippen molar-refractivity contribution in [1.82, 2.24) is 9.38 Å². The zero-order valence-electron chi connectivity index (χ0n) is 14.3. The summed E-state index contributed by atoms with van der Waals surface area (Å²) in [6, 6.07) is 6.35. The average molecular weight is 300 g/mol. The monoisotopic (exact) mass is 300 g/mol. The van der Waals surface area contributed by atoms with Crippen molar-refractivity contribution in [3.8, 4) is 0 Å². The van der Waals surface area contributed by atoms with Gasteiger partial charge < -0.3 is 4.40 Å². The molecule has 0 bridgehead atoms. The average Bonchev–Trinajstić information content (AvgIpc) is 2.96. The molecule has 0 radical (unpaired) electrons. The number of rotatable bonds is 12. The van der Waals surface area contributed by atoms with Gasteiger partial charge in [-0.1, -0.05) is 71.1 Å². The van der Waals surface area contributed by atoms with Crippen molar-refractivity contribution >= 4 is 5.65 Å². The van der Waals surface area contributed by atoms with Gasteiger partial charge in [0, 0.05) is 18.1 Å². The standard InChI is InChI=1S/C20H32N2/c1-2-3-4-5-6-7-8-9-10-11-12-14-19-15-16-20-21-17-13-18-22(19)20/h13,15-18H,2-12,14H2,1H3. The lowest BCUT2D eigenvalue weighted by atomic mass is 10.0. The lowest BCUT2D eigenvalue weighted by molar-refractivity contribution is 0.548. The third-order valence-corrected chi connectivity index (χ3v) is 4.55. The minimum absolute atomic E-state index is 1.07. The second kappa shape index (κ2) is 10.4. The van der Waals surface area contributed by atoms with Crippen molar-refractivity contribution in [2.75, 3.05) is 0 Å². The first kappa shape index (κ1) is 17.1. The van der Waals surface area contributed by atoms with Gasteiger partial charge in [-0.15, -0.1) is 0 Å². The van der Waals surface area contributed by atoms with Crippen molar-refractivity contribution in [3.05, 3.63) is 36.3 Å². The van der Waals surface area contributed by atoms with E-state index in [9.17, 15) is 0 Å². The molecule has 0 amide bonds. The van der Waals surface area contributed by atoms with Crippen LogP contribution in [0.3, 0.4) is 0 Å². The summed E-state index contributed by atoms with van der Waals surface area (Å²) in [5.74, 6) is 0. The van der Waals surface area contributed by atoms with Gasteiger partial charge >= 0.3 is 0 Å². The highest BCUT2D eigenvalue weighted by Crippen LogP contribution is 2.14. The quantitative estimate of drug-likeness (QED) is 0.427. The Morgan fingerprint density at radius 2 is 1.45 bits per heavy atom. The Balaban J connectivity index is 1.48. The SMILES string of the molecule is CCCCCCCCCCCCCc1ccc2ncccn12. The zero-order valence-corrected chi connectivity index (χ0v) is 14.3. The summed E-state index contributed by atoms with van der Waals surface area (Å²) in [5.41, 5.74) is 2.47. The Hall–Kier alpha value is -1.31. The van der Waals surface area contributed by atoms with Crippen LogP contribution in [0.4, 0.5) is 0 Å². The normalized spacial score (nSPS) is 11.3. The lowest BCUT2D eigenvalue weighted by Crippen LogP contribution is -1.93. The second-order valence-electron chi connectivity index (χ2n) is 6.46. The summed E-state index contributed by atoms with van der Waals surface area (Å²) in [6.07, 6.45) is 20.6. The van der Waals surface area contributed by atoms with Gasteiger partial charge in [-0.2, -0.15) is 0 Å². The maximum atomic E-state index is 4.37. The molecule has 2 nitrogen and oxygen atoms in total. The van der Waals surface area contributed by atoms with Gasteiger partial charge in [-0.25, -0.2) is 4.98 Å². The Morgan fingerprint density at radius 3 is 2.14 bits per heavy atom. The molecule has 0 aliphatic heterocycles.